The lowest BCUT2D eigenvalue weighted by Crippen LogP contribution is -2.39. The van der Waals surface area contributed by atoms with Crippen LogP contribution in [0, 0.1) is 13.8 Å². The fraction of sp³-hybridized carbons (Fsp3) is 0.333. The first kappa shape index (κ1) is 18.7. The summed E-state index contributed by atoms with van der Waals surface area (Å²) in [5.41, 5.74) is 2.64. The Balaban J connectivity index is 2.17. The molecule has 0 aliphatic rings. The van der Waals surface area contributed by atoms with E-state index in [4.69, 9.17) is 0 Å². The van der Waals surface area contributed by atoms with E-state index in [0.717, 1.165) is 16.7 Å². The number of hydrogen-bond acceptors (Lipinski definition) is 2. The number of carboxylic acid groups (broad SMARTS) is 1. The summed E-state index contributed by atoms with van der Waals surface area (Å²) >= 11 is 0. The number of carboxylic acids is 1. The van der Waals surface area contributed by atoms with Crippen molar-refractivity contribution in [1.82, 2.24) is 5.32 Å². The van der Waals surface area contributed by atoms with E-state index in [1.807, 2.05) is 45.0 Å². The summed E-state index contributed by atoms with van der Waals surface area (Å²) in [5.74, 6) is -1.28. The molecule has 0 bridgehead atoms. The highest BCUT2D eigenvalue weighted by molar-refractivity contribution is 5.89. The van der Waals surface area contributed by atoms with Crippen molar-refractivity contribution >= 4 is 11.9 Å². The van der Waals surface area contributed by atoms with Crippen LogP contribution >= 0.6 is 0 Å². The van der Waals surface area contributed by atoms with E-state index in [9.17, 15) is 14.7 Å². The van der Waals surface area contributed by atoms with Crippen molar-refractivity contribution in [2.24, 2.45) is 0 Å². The minimum Gasteiger partial charge on any atom is -0.481 e. The van der Waals surface area contributed by atoms with Gasteiger partial charge in [-0.1, -0.05) is 54.1 Å². The molecule has 4 nitrogen and oxygen atoms in total. The number of amides is 1. The first-order chi connectivity index (χ1) is 11.7. The molecule has 0 saturated carbocycles. The van der Waals surface area contributed by atoms with Gasteiger partial charge < -0.3 is 10.4 Å². The van der Waals surface area contributed by atoms with Crippen molar-refractivity contribution in [2.45, 2.75) is 45.6 Å². The Morgan fingerprint density at radius 1 is 1.12 bits per heavy atom. The summed E-state index contributed by atoms with van der Waals surface area (Å²) in [4.78, 5) is 24.4. The molecule has 2 atom stereocenters. The molecule has 4 heteroatoms. The predicted molar refractivity (Wildman–Crippen MR) is 98.5 cm³/mol. The largest absolute Gasteiger partial charge is 0.481 e. The van der Waals surface area contributed by atoms with Gasteiger partial charge in [-0.3, -0.25) is 9.59 Å². The number of carbonyl (C=O) groups is 2. The minimum atomic E-state index is -1.26. The fourth-order valence-electron chi connectivity index (χ4n) is 3.02. The van der Waals surface area contributed by atoms with E-state index in [1.54, 1.807) is 31.2 Å². The van der Waals surface area contributed by atoms with Gasteiger partial charge in [0.1, 0.15) is 0 Å². The van der Waals surface area contributed by atoms with Crippen molar-refractivity contribution in [3.8, 4) is 0 Å². The van der Waals surface area contributed by atoms with E-state index >= 15 is 0 Å². The van der Waals surface area contributed by atoms with Crippen molar-refractivity contribution in [2.75, 3.05) is 0 Å². The van der Waals surface area contributed by atoms with E-state index in [0.29, 0.717) is 5.56 Å². The van der Waals surface area contributed by atoms with Crippen LogP contribution in [0.1, 0.15) is 48.6 Å². The summed E-state index contributed by atoms with van der Waals surface area (Å²) in [6, 6.07) is 14.8. The van der Waals surface area contributed by atoms with Crippen LogP contribution in [-0.4, -0.2) is 17.0 Å². The van der Waals surface area contributed by atoms with Crippen molar-refractivity contribution in [1.29, 1.82) is 0 Å². The molecule has 0 heterocycles. The van der Waals surface area contributed by atoms with Crippen LogP contribution in [0.25, 0.3) is 0 Å². The summed E-state index contributed by atoms with van der Waals surface area (Å²) in [5, 5.41) is 12.6. The second kappa shape index (κ2) is 7.51. The van der Waals surface area contributed by atoms with Gasteiger partial charge in [0.25, 0.3) is 0 Å². The molecular formula is C21H25NO3. The van der Waals surface area contributed by atoms with Crippen LogP contribution in [-0.2, 0) is 15.0 Å². The molecule has 2 aromatic rings. The molecule has 0 aliphatic heterocycles. The number of carbonyl (C=O) groups excluding carboxylic acids is 1. The molecule has 2 aromatic carbocycles. The third kappa shape index (κ3) is 4.27. The number of aliphatic carboxylic acids is 1. The molecule has 132 valence electrons. The Hall–Kier alpha value is -2.62. The summed E-state index contributed by atoms with van der Waals surface area (Å²) < 4.78 is 0. The van der Waals surface area contributed by atoms with Crippen LogP contribution < -0.4 is 5.32 Å². The topological polar surface area (TPSA) is 66.4 Å². The Labute approximate surface area is 148 Å². The second-order valence-corrected chi connectivity index (χ2v) is 6.83. The van der Waals surface area contributed by atoms with E-state index in [2.05, 4.69) is 5.32 Å². The van der Waals surface area contributed by atoms with Gasteiger partial charge in [0, 0.05) is 6.42 Å². The van der Waals surface area contributed by atoms with Gasteiger partial charge in [-0.05, 0) is 44.4 Å². The zero-order chi connectivity index (χ0) is 18.6. The molecule has 25 heavy (non-hydrogen) atoms. The highest BCUT2D eigenvalue weighted by Gasteiger charge is 2.37. The number of nitrogens with one attached hydrogen (secondary N) is 1. The third-order valence-electron chi connectivity index (χ3n) is 4.68. The lowest BCUT2D eigenvalue weighted by atomic mass is 9.79. The van der Waals surface area contributed by atoms with Crippen LogP contribution in [0.4, 0.5) is 0 Å². The van der Waals surface area contributed by atoms with Gasteiger partial charge >= 0.3 is 5.97 Å². The molecular weight excluding hydrogens is 314 g/mol. The Bertz CT molecular complexity index is 770. The normalized spacial score (nSPS) is 14.4. The highest BCUT2D eigenvalue weighted by Crippen LogP contribution is 2.28. The van der Waals surface area contributed by atoms with Crippen molar-refractivity contribution in [3.63, 3.8) is 0 Å². The van der Waals surface area contributed by atoms with E-state index in [-0.39, 0.29) is 18.4 Å². The maximum absolute atomic E-state index is 12.5. The quantitative estimate of drug-likeness (QED) is 0.838. The van der Waals surface area contributed by atoms with Crippen LogP contribution in [0.3, 0.4) is 0 Å². The average molecular weight is 339 g/mol. The zero-order valence-corrected chi connectivity index (χ0v) is 15.2. The lowest BCUT2D eigenvalue weighted by Gasteiger charge is -2.26. The number of hydrogen-bond donors (Lipinski definition) is 2. The number of aryl methyl sites for hydroxylation is 2. The standard InChI is InChI=1S/C21H25NO3/c1-14-10-11-15(2)18(12-14)16(3)22-19(23)13-21(4,20(24)25)17-8-6-5-7-9-17/h5-12,16H,13H2,1-4H3,(H,22,23)(H,24,25)/t16-,21+/m0/s1. The molecule has 1 amide bonds. The maximum Gasteiger partial charge on any atom is 0.314 e. The average Bonchev–Trinajstić information content (AvgIpc) is 2.57. The molecule has 0 saturated heterocycles. The van der Waals surface area contributed by atoms with Gasteiger partial charge in [-0.2, -0.15) is 0 Å². The Morgan fingerprint density at radius 3 is 2.36 bits per heavy atom. The smallest absolute Gasteiger partial charge is 0.314 e. The highest BCUT2D eigenvalue weighted by atomic mass is 16.4. The van der Waals surface area contributed by atoms with Crippen molar-refractivity contribution in [3.05, 3.63) is 70.8 Å². The van der Waals surface area contributed by atoms with Gasteiger partial charge in [0.2, 0.25) is 5.91 Å². The van der Waals surface area contributed by atoms with Gasteiger partial charge in [0.05, 0.1) is 11.5 Å². The lowest BCUT2D eigenvalue weighted by molar-refractivity contribution is -0.145. The fourth-order valence-corrected chi connectivity index (χ4v) is 3.02. The van der Waals surface area contributed by atoms with Gasteiger partial charge in [-0.25, -0.2) is 0 Å². The third-order valence-corrected chi connectivity index (χ3v) is 4.68. The van der Waals surface area contributed by atoms with E-state index < -0.39 is 11.4 Å². The number of rotatable bonds is 6. The second-order valence-electron chi connectivity index (χ2n) is 6.83. The van der Waals surface area contributed by atoms with Crippen LogP contribution in [0.5, 0.6) is 0 Å². The van der Waals surface area contributed by atoms with E-state index in [1.165, 1.54) is 0 Å². The summed E-state index contributed by atoms with van der Waals surface area (Å²) in [7, 11) is 0. The molecule has 0 aliphatic carbocycles. The predicted octanol–water partition coefficient (Wildman–Crippen LogP) is 3.91. The molecule has 0 aromatic heterocycles. The van der Waals surface area contributed by atoms with Crippen LogP contribution in [0.15, 0.2) is 48.5 Å². The van der Waals surface area contributed by atoms with Crippen molar-refractivity contribution < 1.29 is 14.7 Å². The number of benzene rings is 2. The maximum atomic E-state index is 12.5. The summed E-state index contributed by atoms with van der Waals surface area (Å²) in [6.07, 6.45) is -0.110. The minimum absolute atomic E-state index is 0.110. The SMILES string of the molecule is Cc1ccc(C)c([C@H](C)NC(=O)C[C@@](C)(C(=O)O)c2ccccc2)c1. The summed E-state index contributed by atoms with van der Waals surface area (Å²) in [6.45, 7) is 7.52. The zero-order valence-electron chi connectivity index (χ0n) is 15.2. The molecule has 0 radical (unpaired) electrons. The van der Waals surface area contributed by atoms with Gasteiger partial charge in [0.15, 0.2) is 0 Å². The molecule has 0 unspecified atom stereocenters. The first-order valence-electron chi connectivity index (χ1n) is 8.39. The Kier molecular flexibility index (Phi) is 5.62. The first-order valence-corrected chi connectivity index (χ1v) is 8.39. The van der Waals surface area contributed by atoms with Gasteiger partial charge in [-0.15, -0.1) is 0 Å². The molecule has 2 N–H and O–H groups in total. The molecule has 2 rings (SSSR count). The monoisotopic (exact) mass is 339 g/mol. The van der Waals surface area contributed by atoms with Crippen LogP contribution in [0.2, 0.25) is 0 Å². The molecule has 0 spiro atoms. The molecule has 0 fully saturated rings. The Morgan fingerprint density at radius 2 is 1.76 bits per heavy atom.